The molecule has 846 valence electrons. The average molecular weight is 2060 g/mol. The van der Waals surface area contributed by atoms with Gasteiger partial charge in [-0.2, -0.15) is 0 Å². The maximum absolute atomic E-state index is 13.4. The van der Waals surface area contributed by atoms with Gasteiger partial charge < -0.3 is 72.2 Å². The summed E-state index contributed by atoms with van der Waals surface area (Å²) in [5.41, 5.74) is -6.86. The van der Waals surface area contributed by atoms with Crippen molar-refractivity contribution in [3.8, 4) is 0 Å². The van der Waals surface area contributed by atoms with Crippen molar-refractivity contribution < 1.29 is 120 Å². The molecule has 2 saturated heterocycles. The highest BCUT2D eigenvalue weighted by Gasteiger charge is 2.68. The van der Waals surface area contributed by atoms with Crippen LogP contribution in [0.4, 0.5) is 0 Å². The van der Waals surface area contributed by atoms with E-state index in [1.807, 2.05) is 96.9 Å². The van der Waals surface area contributed by atoms with Crippen molar-refractivity contribution in [1.29, 1.82) is 0 Å². The predicted molar refractivity (Wildman–Crippen MR) is 572 cm³/mol. The number of hydrogen-bond acceptors (Lipinski definition) is 25. The van der Waals surface area contributed by atoms with Crippen molar-refractivity contribution in [1.82, 2.24) is 0 Å². The van der Waals surface area contributed by atoms with Crippen LogP contribution in [0.5, 0.6) is 0 Å². The zero-order chi connectivity index (χ0) is 96.2. The number of aliphatic hydroxyl groups is 3. The van der Waals surface area contributed by atoms with Crippen molar-refractivity contribution in [2.24, 2.45) is 144 Å². The van der Waals surface area contributed by atoms with Crippen LogP contribution in [0, 0.1) is 144 Å². The van der Waals surface area contributed by atoms with Crippen molar-refractivity contribution >= 4 is 59.7 Å². The molecule has 2 heterocycles. The van der Waals surface area contributed by atoms with Gasteiger partial charge in [0.1, 0.15) is 23.4 Å². The van der Waals surface area contributed by atoms with E-state index in [2.05, 4.69) is 0 Å². The van der Waals surface area contributed by atoms with Crippen LogP contribution in [-0.4, -0.2) is 166 Å². The molecule has 0 radical (unpaired) electrons. The van der Waals surface area contributed by atoms with E-state index in [0.717, 1.165) is 159 Å². The summed E-state index contributed by atoms with van der Waals surface area (Å²) in [7, 11) is 0. The molecule has 10 unspecified atom stereocenters. The molecule has 24 saturated carbocycles. The zero-order valence-electron chi connectivity index (χ0n) is 84.2. The summed E-state index contributed by atoms with van der Waals surface area (Å²) in [5, 5.41) is 32.0. The first-order valence-corrected chi connectivity index (χ1v) is 52.7. The van der Waals surface area contributed by atoms with E-state index in [1.165, 1.54) is 70.6 Å². The molecule has 26 aliphatic rings. The fourth-order valence-corrected chi connectivity index (χ4v) is 30.2. The van der Waals surface area contributed by atoms with Gasteiger partial charge in [-0.25, -0.2) is 9.59 Å². The second-order valence-electron chi connectivity index (χ2n) is 51.4. The molecule has 25 nitrogen and oxygen atoms in total. The molecular weight excluding hydrogens is 1840 g/mol. The summed E-state index contributed by atoms with van der Waals surface area (Å²) in [5.74, 6) is 8.08. The lowest BCUT2D eigenvalue weighted by Gasteiger charge is -2.62. The van der Waals surface area contributed by atoms with Crippen LogP contribution in [0.3, 0.4) is 0 Å². The molecule has 24 bridgehead atoms. The number of carbonyl (C=O) groups excluding carboxylic acids is 10. The Morgan fingerprint density at radius 1 is 0.283 bits per heavy atom. The van der Waals surface area contributed by atoms with E-state index < -0.39 is 79.0 Å². The summed E-state index contributed by atoms with van der Waals surface area (Å²) >= 11 is 0. The Balaban J connectivity index is 0.000000454. The molecule has 26 rings (SSSR count). The van der Waals surface area contributed by atoms with E-state index >= 15 is 0 Å². The largest absolute Gasteiger partial charge is 0.463 e. The molecule has 25 heteroatoms. The molecule has 0 aromatic heterocycles. The topological polar surface area (TPSA) is 342 Å². The van der Waals surface area contributed by atoms with Crippen molar-refractivity contribution in [3.63, 3.8) is 0 Å². The predicted octanol–water partition coefficient (Wildman–Crippen LogP) is 26.4. The molecule has 0 aromatic carbocycles. The minimum Gasteiger partial charge on any atom is -0.463 e. The van der Waals surface area contributed by atoms with Gasteiger partial charge in [-0.15, -0.1) is 0 Å². The zero-order valence-corrected chi connectivity index (χ0v) is 84.2. The molecule has 10 atom stereocenters. The number of hydrogen-bond donors (Lipinski definition) is 3. The SMILES string of the molecule is C.C.C.C.C.C.C.C.C.C.C.C.CCC(C)(C)C(=O)OC12CC3CC(CC(O)(C3)C1)C2.CCC(C)(C)C(=O)OC12CC3CC(O)(CC(O)(C3)C1)C2.CCC(C)(C)C(=O)OC1C2CC3CC1CC(C(=O)OCOC1C4CC5CC(C4)CC1C5)(C3)C2.CCC(C)(C)C(=O)OC1C2CC3CC1CC(C(=O)OCOC1C4CC5CC(C4)CC1C5)(C3)C2.CCC(C)(C)C(=O)OC1CCOC1=O.CCC(C)(C)C(=O)OC1CCOC1=O. The highest BCUT2D eigenvalue weighted by molar-refractivity contribution is 5.84. The Kier molecular flexibility index (Phi) is 46.6. The van der Waals surface area contributed by atoms with E-state index in [9.17, 15) is 63.3 Å². The first-order chi connectivity index (χ1) is 62.3. The smallest absolute Gasteiger partial charge is 0.347 e. The van der Waals surface area contributed by atoms with E-state index in [0.29, 0.717) is 148 Å². The van der Waals surface area contributed by atoms with E-state index in [4.69, 9.17) is 56.8 Å². The second-order valence-corrected chi connectivity index (χ2v) is 51.4. The summed E-state index contributed by atoms with van der Waals surface area (Å²) < 4.78 is 67.8. The van der Waals surface area contributed by atoms with Crippen LogP contribution in [-0.2, 0) is 105 Å². The van der Waals surface area contributed by atoms with Gasteiger partial charge in [0.05, 0.1) is 85.5 Å². The lowest BCUT2D eigenvalue weighted by molar-refractivity contribution is -0.264. The van der Waals surface area contributed by atoms with Crippen LogP contribution in [0.25, 0.3) is 0 Å². The van der Waals surface area contributed by atoms with Crippen LogP contribution in [0.15, 0.2) is 0 Å². The monoisotopic (exact) mass is 2060 g/mol. The molecular formula is C120H216O25. The minimum absolute atomic E-state index is 0. The Hall–Kier alpha value is -5.50. The quantitative estimate of drug-likeness (QED) is 0.0411. The Morgan fingerprint density at radius 2 is 0.538 bits per heavy atom. The third-order valence-electron chi connectivity index (χ3n) is 38.4. The fourth-order valence-electron chi connectivity index (χ4n) is 30.2. The molecule has 3 N–H and O–H groups in total. The standard InChI is InChI=1S/2C28H42O5.C16H26O4.C16H26O3.2C10H16O4.12CH4/c2*1-4-27(2,3)25(29)33-24-21-10-18-11-22(24)14-28(12-18,13-21)26(30)32-15-31-23-19-6-16-5-17(8-19)9-20(23)7-16;1-4-13(2,3)12(17)20-16-7-11-5-14(18,9-16)8-15(19,6-11)10-16;1-4-14(2,3)13(17)19-16-8-11-5-12(9-16)7-15(18,6-11)10-16;2*1-4-10(2,3)9(12)14-7-5-6-13-8(7)11;;;;;;;;;;;;/h2*16-24H,4-15H2,1-3H3;11,18-19H,4-10H2,1-3H3;11-12,18H,4-10H2,1-3H3;2*7H,4-6H2,1-3H3;12*1H4. The van der Waals surface area contributed by atoms with Gasteiger partial charge in [0.25, 0.3) is 0 Å². The van der Waals surface area contributed by atoms with Crippen molar-refractivity contribution in [2.45, 2.75) is 535 Å². The maximum atomic E-state index is 13.4. The fraction of sp³-hybridized carbons (Fsp3) is 0.917. The highest BCUT2D eigenvalue weighted by atomic mass is 16.7. The van der Waals surface area contributed by atoms with E-state index in [-0.39, 0.29) is 185 Å². The molecule has 24 aliphatic carbocycles. The van der Waals surface area contributed by atoms with Gasteiger partial charge in [0.15, 0.2) is 13.6 Å². The van der Waals surface area contributed by atoms with Gasteiger partial charge in [-0.3, -0.25) is 38.4 Å². The first kappa shape index (κ1) is 134. The van der Waals surface area contributed by atoms with Crippen LogP contribution < -0.4 is 0 Å². The molecule has 0 amide bonds. The van der Waals surface area contributed by atoms with E-state index in [1.54, 1.807) is 27.7 Å². The number of esters is 10. The number of ether oxygens (including phenoxy) is 12. The van der Waals surface area contributed by atoms with Gasteiger partial charge in [-0.1, -0.05) is 131 Å². The molecule has 145 heavy (non-hydrogen) atoms. The highest BCUT2D eigenvalue weighted by Crippen LogP contribution is 2.67. The lowest BCUT2D eigenvalue weighted by atomic mass is 9.48. The number of cyclic esters (lactones) is 2. The summed E-state index contributed by atoms with van der Waals surface area (Å²) in [6.45, 7) is 35.6. The average Bonchev–Trinajstić information content (AvgIpc) is 0.989. The first-order valence-electron chi connectivity index (χ1n) is 52.7. The summed E-state index contributed by atoms with van der Waals surface area (Å²) in [4.78, 5) is 122. The van der Waals surface area contributed by atoms with Crippen LogP contribution in [0.2, 0.25) is 0 Å². The van der Waals surface area contributed by atoms with Crippen molar-refractivity contribution in [3.05, 3.63) is 0 Å². The third kappa shape index (κ3) is 28.8. The third-order valence-corrected chi connectivity index (χ3v) is 38.4. The molecule has 2 aliphatic heterocycles. The lowest BCUT2D eigenvalue weighted by Crippen LogP contribution is -2.67. The van der Waals surface area contributed by atoms with Gasteiger partial charge in [0, 0.05) is 38.5 Å². The Bertz CT molecular complexity index is 3940. The van der Waals surface area contributed by atoms with Crippen molar-refractivity contribution in [2.75, 3.05) is 26.8 Å². The normalized spacial score (nSPS) is 37.9. The number of carbonyl (C=O) groups is 10. The molecule has 0 aromatic rings. The maximum Gasteiger partial charge on any atom is 0.347 e. The minimum atomic E-state index is -0.842. The van der Waals surface area contributed by atoms with Crippen LogP contribution >= 0.6 is 0 Å². The summed E-state index contributed by atoms with van der Waals surface area (Å²) in [6, 6.07) is 0. The number of rotatable bonds is 26. The van der Waals surface area contributed by atoms with Gasteiger partial charge in [-0.05, 0) is 402 Å². The Labute approximate surface area is 881 Å². The van der Waals surface area contributed by atoms with Crippen LogP contribution in [0.1, 0.15) is 471 Å². The second kappa shape index (κ2) is 50.6. The van der Waals surface area contributed by atoms with Gasteiger partial charge in [0.2, 0.25) is 12.2 Å². The Morgan fingerprint density at radius 3 is 0.814 bits per heavy atom. The molecule has 26 fully saturated rings. The molecule has 0 spiro atoms. The van der Waals surface area contributed by atoms with Gasteiger partial charge >= 0.3 is 59.7 Å². The summed E-state index contributed by atoms with van der Waals surface area (Å²) in [6.07, 6.45) is 36.8.